The number of hydrogen-bond acceptors (Lipinski definition) is 2. The SMILES string of the molecule is CC(CO)c1cccc2ccncc12. The van der Waals surface area contributed by atoms with Gasteiger partial charge >= 0.3 is 0 Å². The maximum absolute atomic E-state index is 9.13. The Kier molecular flexibility index (Phi) is 2.46. The first-order valence-electron chi connectivity index (χ1n) is 4.76. The maximum atomic E-state index is 9.13. The molecule has 2 aromatic rings. The molecule has 72 valence electrons. The lowest BCUT2D eigenvalue weighted by molar-refractivity contribution is 0.273. The van der Waals surface area contributed by atoms with Gasteiger partial charge in [-0.1, -0.05) is 25.1 Å². The van der Waals surface area contributed by atoms with Crippen molar-refractivity contribution in [3.8, 4) is 0 Å². The molecule has 0 fully saturated rings. The largest absolute Gasteiger partial charge is 0.396 e. The van der Waals surface area contributed by atoms with Gasteiger partial charge in [0.1, 0.15) is 0 Å². The van der Waals surface area contributed by atoms with Crippen molar-refractivity contribution in [2.45, 2.75) is 12.8 Å². The van der Waals surface area contributed by atoms with Crippen molar-refractivity contribution in [3.05, 3.63) is 42.2 Å². The lowest BCUT2D eigenvalue weighted by Crippen LogP contribution is -1.99. The molecular formula is C12H13NO. The molecule has 1 N–H and O–H groups in total. The van der Waals surface area contributed by atoms with Crippen molar-refractivity contribution < 1.29 is 5.11 Å². The lowest BCUT2D eigenvalue weighted by Gasteiger charge is -2.10. The van der Waals surface area contributed by atoms with Crippen molar-refractivity contribution in [1.29, 1.82) is 0 Å². The summed E-state index contributed by atoms with van der Waals surface area (Å²) in [6.45, 7) is 2.19. The molecule has 2 heteroatoms. The molecule has 1 aromatic heterocycles. The van der Waals surface area contributed by atoms with E-state index in [0.717, 1.165) is 10.9 Å². The third-order valence-corrected chi connectivity index (χ3v) is 2.52. The van der Waals surface area contributed by atoms with Crippen molar-refractivity contribution >= 4 is 10.8 Å². The van der Waals surface area contributed by atoms with E-state index in [1.54, 1.807) is 6.20 Å². The highest BCUT2D eigenvalue weighted by Gasteiger charge is 2.07. The Hall–Kier alpha value is -1.41. The van der Waals surface area contributed by atoms with Gasteiger partial charge in [0, 0.05) is 30.3 Å². The predicted octanol–water partition coefficient (Wildman–Crippen LogP) is 2.33. The molecule has 0 radical (unpaired) electrons. The zero-order chi connectivity index (χ0) is 9.97. The van der Waals surface area contributed by atoms with Crippen molar-refractivity contribution in [2.75, 3.05) is 6.61 Å². The minimum absolute atomic E-state index is 0.169. The van der Waals surface area contributed by atoms with E-state index in [2.05, 4.69) is 11.1 Å². The standard InChI is InChI=1S/C12H13NO/c1-9(8-14)11-4-2-3-10-5-6-13-7-12(10)11/h2-7,9,14H,8H2,1H3. The van der Waals surface area contributed by atoms with Crippen LogP contribution in [-0.4, -0.2) is 16.7 Å². The summed E-state index contributed by atoms with van der Waals surface area (Å²) in [4.78, 5) is 4.11. The van der Waals surface area contributed by atoms with Crippen LogP contribution in [0, 0.1) is 0 Å². The number of aliphatic hydroxyl groups is 1. The third-order valence-electron chi connectivity index (χ3n) is 2.52. The highest BCUT2D eigenvalue weighted by atomic mass is 16.3. The van der Waals surface area contributed by atoms with Gasteiger partial charge in [0.15, 0.2) is 0 Å². The number of aliphatic hydroxyl groups excluding tert-OH is 1. The Balaban J connectivity index is 2.65. The Morgan fingerprint density at radius 3 is 3.00 bits per heavy atom. The second-order valence-corrected chi connectivity index (χ2v) is 3.53. The number of nitrogens with zero attached hydrogens (tertiary/aromatic N) is 1. The fourth-order valence-electron chi connectivity index (χ4n) is 1.67. The average molecular weight is 187 g/mol. The summed E-state index contributed by atoms with van der Waals surface area (Å²) < 4.78 is 0. The van der Waals surface area contributed by atoms with Crippen LogP contribution in [0.2, 0.25) is 0 Å². The Morgan fingerprint density at radius 1 is 1.36 bits per heavy atom. The molecule has 14 heavy (non-hydrogen) atoms. The van der Waals surface area contributed by atoms with Crippen LogP contribution in [0.4, 0.5) is 0 Å². The minimum atomic E-state index is 0.169. The normalized spacial score (nSPS) is 13.0. The van der Waals surface area contributed by atoms with E-state index >= 15 is 0 Å². The molecule has 0 aliphatic rings. The molecule has 2 nitrogen and oxygen atoms in total. The Morgan fingerprint density at radius 2 is 2.21 bits per heavy atom. The topological polar surface area (TPSA) is 33.1 Å². The quantitative estimate of drug-likeness (QED) is 0.782. The van der Waals surface area contributed by atoms with Gasteiger partial charge in [0.25, 0.3) is 0 Å². The van der Waals surface area contributed by atoms with Crippen LogP contribution in [0.25, 0.3) is 10.8 Å². The molecule has 1 aromatic carbocycles. The van der Waals surface area contributed by atoms with Gasteiger partial charge < -0.3 is 5.11 Å². The van der Waals surface area contributed by atoms with Gasteiger partial charge in [-0.25, -0.2) is 0 Å². The number of rotatable bonds is 2. The molecule has 0 saturated heterocycles. The van der Waals surface area contributed by atoms with Crippen molar-refractivity contribution in [1.82, 2.24) is 4.98 Å². The van der Waals surface area contributed by atoms with Crippen LogP contribution >= 0.6 is 0 Å². The average Bonchev–Trinajstić information content (AvgIpc) is 2.27. The molecule has 0 amide bonds. The summed E-state index contributed by atoms with van der Waals surface area (Å²) >= 11 is 0. The molecule has 0 spiro atoms. The molecule has 1 heterocycles. The molecule has 0 saturated carbocycles. The second kappa shape index (κ2) is 3.76. The first-order valence-corrected chi connectivity index (χ1v) is 4.76. The van der Waals surface area contributed by atoms with Crippen molar-refractivity contribution in [2.24, 2.45) is 0 Å². The van der Waals surface area contributed by atoms with E-state index in [-0.39, 0.29) is 12.5 Å². The van der Waals surface area contributed by atoms with Crippen LogP contribution < -0.4 is 0 Å². The molecular weight excluding hydrogens is 174 g/mol. The van der Waals surface area contributed by atoms with Gasteiger partial charge in [-0.05, 0) is 17.0 Å². The predicted molar refractivity (Wildman–Crippen MR) is 57.2 cm³/mol. The fraction of sp³-hybridized carbons (Fsp3) is 0.250. The summed E-state index contributed by atoms with van der Waals surface area (Å²) in [5, 5.41) is 11.4. The van der Waals surface area contributed by atoms with Crippen LogP contribution in [0.5, 0.6) is 0 Å². The van der Waals surface area contributed by atoms with Gasteiger partial charge in [-0.15, -0.1) is 0 Å². The summed E-state index contributed by atoms with van der Waals surface area (Å²) in [7, 11) is 0. The number of aromatic nitrogens is 1. The number of benzene rings is 1. The fourth-order valence-corrected chi connectivity index (χ4v) is 1.67. The first kappa shape index (κ1) is 9.16. The zero-order valence-electron chi connectivity index (χ0n) is 8.14. The van der Waals surface area contributed by atoms with E-state index in [1.807, 2.05) is 31.3 Å². The number of fused-ring (bicyclic) bond motifs is 1. The second-order valence-electron chi connectivity index (χ2n) is 3.53. The molecule has 1 unspecified atom stereocenters. The monoisotopic (exact) mass is 187 g/mol. The highest BCUT2D eigenvalue weighted by molar-refractivity contribution is 5.85. The van der Waals surface area contributed by atoms with Crippen LogP contribution in [0.3, 0.4) is 0 Å². The van der Waals surface area contributed by atoms with Gasteiger partial charge in [-0.2, -0.15) is 0 Å². The van der Waals surface area contributed by atoms with Crippen molar-refractivity contribution in [3.63, 3.8) is 0 Å². The Bertz CT molecular complexity index is 434. The summed E-state index contributed by atoms with van der Waals surface area (Å²) in [5.41, 5.74) is 1.16. The molecule has 1 atom stereocenters. The lowest BCUT2D eigenvalue weighted by atomic mass is 9.97. The van der Waals surface area contributed by atoms with Gasteiger partial charge in [0.2, 0.25) is 0 Å². The van der Waals surface area contributed by atoms with Crippen LogP contribution in [-0.2, 0) is 0 Å². The summed E-state index contributed by atoms with van der Waals surface area (Å²) in [6.07, 6.45) is 3.65. The third kappa shape index (κ3) is 1.49. The van der Waals surface area contributed by atoms with E-state index in [1.165, 1.54) is 5.39 Å². The highest BCUT2D eigenvalue weighted by Crippen LogP contribution is 2.24. The number of hydrogen-bond donors (Lipinski definition) is 1. The van der Waals surface area contributed by atoms with Crippen LogP contribution in [0.1, 0.15) is 18.4 Å². The van der Waals surface area contributed by atoms with E-state index in [4.69, 9.17) is 5.11 Å². The van der Waals surface area contributed by atoms with E-state index in [9.17, 15) is 0 Å². The van der Waals surface area contributed by atoms with E-state index < -0.39 is 0 Å². The molecule has 2 rings (SSSR count). The molecule has 0 aliphatic heterocycles. The zero-order valence-corrected chi connectivity index (χ0v) is 8.14. The molecule has 0 aliphatic carbocycles. The number of pyridine rings is 1. The van der Waals surface area contributed by atoms with Crippen LogP contribution in [0.15, 0.2) is 36.7 Å². The summed E-state index contributed by atoms with van der Waals surface area (Å²) in [6, 6.07) is 8.11. The molecule has 0 bridgehead atoms. The smallest absolute Gasteiger partial charge is 0.0497 e. The first-order chi connectivity index (χ1) is 6.83. The minimum Gasteiger partial charge on any atom is -0.396 e. The summed E-state index contributed by atoms with van der Waals surface area (Å²) in [5.74, 6) is 0.169. The Labute approximate surface area is 83.2 Å². The maximum Gasteiger partial charge on any atom is 0.0497 e. The van der Waals surface area contributed by atoms with Gasteiger partial charge in [0.05, 0.1) is 0 Å². The van der Waals surface area contributed by atoms with E-state index in [0.29, 0.717) is 0 Å². The van der Waals surface area contributed by atoms with Gasteiger partial charge in [-0.3, -0.25) is 4.98 Å².